The normalized spacial score (nSPS) is 32.7. The molecular formula is C110H95N15O20. The number of amides is 10. The Labute approximate surface area is 890 Å². The van der Waals surface area contributed by atoms with Gasteiger partial charge < -0.3 is 121 Å². The lowest BCUT2D eigenvalue weighted by atomic mass is 9.86. The van der Waals surface area contributed by atoms with E-state index in [1.54, 1.807) is 72.8 Å². The van der Waals surface area contributed by atoms with Gasteiger partial charge in [-0.15, -0.1) is 0 Å². The van der Waals surface area contributed by atoms with E-state index in [2.05, 4.69) is 24.9 Å². The van der Waals surface area contributed by atoms with Gasteiger partial charge in [0, 0.05) is 171 Å². The van der Waals surface area contributed by atoms with Gasteiger partial charge >= 0.3 is 0 Å². The first-order valence-electron chi connectivity index (χ1n) is 66.9. The van der Waals surface area contributed by atoms with Crippen molar-refractivity contribution in [1.82, 2.24) is 73.9 Å². The SMILES string of the molecule is [2H]C([2H])([2H])N1C(=O)[C@@]2([2H])Cc3c([nH]c4ccccc34)C(c3ccc4c(c3)OCO4)N2C(=O)C1([2H])[2H].[2H]C1([2H])Oc2ccc(C3c4[nH]c5ccccc5c4C[C@]4([2H])C(=O)N(C([2H])([2H])[2H])C([2H])([2H])C(=O)N34)cc2O1.[2H]c1c([2H])c(C2c3[nH]c4ccccc4c3C[C@]3([2H])C(=O)N(C([2H])([2H])[2H])C([2H])([2H])C(=O)N23)c([2H])c2c1OCO2.[2H]c1c([2H])c([2H])c2c3c([nH]c2c1[2H])C(c1ccc2c(c1)OC([2H])([2H])O2)N1C(=O)C([2H])([2H])N(C([2H])([2H])[2H])C(=O)[C@@]1([2H])C3.[2H]c1c([2H])c([2H])c2c3c([nH]c2c1[2H])C(c1ccc2c(c1)OCO2)N1C(=O)C([2H])([2H])N(C([2H])([2H])[2H])C(=O)[C@@]1([2H])C3. The summed E-state index contributed by atoms with van der Waals surface area (Å²) in [6.07, 6.45) is -2.53. The summed E-state index contributed by atoms with van der Waals surface area (Å²) in [5.74, 6) is -13.0. The number of hydrogen-bond donors (Lipinski definition) is 5. The first kappa shape index (κ1) is 52.4. The molecule has 10 atom stereocenters. The molecule has 20 heterocycles. The van der Waals surface area contributed by atoms with Crippen molar-refractivity contribution in [3.63, 3.8) is 0 Å². The van der Waals surface area contributed by atoms with Crippen LogP contribution in [0.1, 0.15) is 176 Å². The molecular weight excluding hydrogens is 1850 g/mol. The zero-order chi connectivity index (χ0) is 138. The van der Waals surface area contributed by atoms with Gasteiger partial charge in [-0.3, -0.25) is 47.9 Å². The van der Waals surface area contributed by atoms with E-state index in [1.165, 1.54) is 54.6 Å². The number of nitrogens with zero attached hydrogens (tertiary/aromatic N) is 10. The monoisotopic (exact) mass is 1990 g/mol. The average molecular weight is 1990 g/mol. The van der Waals surface area contributed by atoms with Gasteiger partial charge in [-0.05, 0) is 147 Å². The Balaban J connectivity index is 0.000000113. The highest BCUT2D eigenvalue weighted by atomic mass is 16.7. The molecule has 5 N–H and O–H groups in total. The molecule has 35 heteroatoms. The molecule has 35 nitrogen and oxygen atoms in total. The molecule has 0 radical (unpaired) electrons. The summed E-state index contributed by atoms with van der Waals surface area (Å²) < 4.78 is 422. The Bertz CT molecular complexity index is 10500. The van der Waals surface area contributed by atoms with E-state index < -0.39 is 286 Å². The molecule has 15 aliphatic heterocycles. The Kier molecular flexibility index (Phi) is 12.3. The molecule has 15 aliphatic rings. The van der Waals surface area contributed by atoms with Crippen LogP contribution in [0.15, 0.2) is 212 Å². The fourth-order valence-corrected chi connectivity index (χ4v) is 20.7. The number of hydrogen-bond acceptors (Lipinski definition) is 20. The minimum atomic E-state index is -3.44. The van der Waals surface area contributed by atoms with Crippen molar-refractivity contribution in [2.75, 3.05) is 101 Å². The molecule has 0 saturated carbocycles. The minimum Gasteiger partial charge on any atom is -0.454 e. The molecule has 5 aromatic heterocycles. The molecule has 10 amide bonds. The molecule has 0 aliphatic carbocycles. The number of aromatic nitrogens is 5. The first-order chi connectivity index (χ1) is 88.2. The lowest BCUT2D eigenvalue weighted by Gasteiger charge is -2.46. The second-order valence-electron chi connectivity index (χ2n) is 34.6. The van der Waals surface area contributed by atoms with Crippen LogP contribution in [-0.4, -0.2) is 264 Å². The largest absolute Gasteiger partial charge is 0.454 e. The van der Waals surface area contributed by atoms with Crippen molar-refractivity contribution in [1.29, 1.82) is 0 Å². The first-order valence-corrected chi connectivity index (χ1v) is 44.4. The van der Waals surface area contributed by atoms with Crippen LogP contribution in [0, 0.1) is 0 Å². The standard InChI is InChI=1S/5C22H19N3O4/c5*1-24-10-19(26)25-16(22(24)27)9-14-13-4-2-3-5-15(13)23-20(14)21(25)12-6-7-17-18(8-12)29-11-28-17/h5*2-8,16,21,23H,9-11H2,1H3/t5*16-,21?/m11111/s1/i1D3,2D,3D,4D,5D,10D2,11D2,16D;1D3,2D,3D,4D,5D,10D2,16D;1D3,6D,7D,8D,10D2,16D;1D3,10D2,11D2,16D;1D3,10D2,16D. The van der Waals surface area contributed by atoms with Gasteiger partial charge in [-0.25, -0.2) is 0 Å². The van der Waals surface area contributed by atoms with Gasteiger partial charge in [0.1, 0.15) is 35.6 Å². The number of piperazine rings is 5. The van der Waals surface area contributed by atoms with E-state index in [1.807, 2.05) is 18.2 Å². The smallest absolute Gasteiger partial charge is 0.245 e. The lowest BCUT2D eigenvalue weighted by Crippen LogP contribution is -2.62. The number of nitrogens with one attached hydrogen (secondary N) is 5. The molecule has 145 heavy (non-hydrogen) atoms. The molecule has 0 spiro atoms. The molecule has 0 bridgehead atoms. The number of benzene rings is 10. The quantitative estimate of drug-likeness (QED) is 0.107. The summed E-state index contributed by atoms with van der Waals surface area (Å²) >= 11 is 0. The number of carbonyl (C=O) groups is 10. The average Bonchev–Trinajstić information content (AvgIpc) is 1.40. The van der Waals surface area contributed by atoms with Crippen molar-refractivity contribution in [3.8, 4) is 57.5 Å². The van der Waals surface area contributed by atoms with Gasteiger partial charge in [-0.1, -0.05) is 121 Å². The van der Waals surface area contributed by atoms with Crippen LogP contribution in [0.3, 0.4) is 0 Å². The van der Waals surface area contributed by atoms with Crippen LogP contribution < -0.4 is 47.4 Å². The van der Waals surface area contributed by atoms with E-state index in [9.17, 15) is 54.8 Å². The van der Waals surface area contributed by atoms with Crippen LogP contribution in [0.5, 0.6) is 57.5 Å². The fraction of sp³-hybridized carbons (Fsp3) is 0.273. The number of likely N-dealkylation sites (N-methyl/N-ethyl adjacent to an activating group) is 5. The third kappa shape index (κ3) is 14.2. The molecule has 10 aromatic carbocycles. The maximum atomic E-state index is 13.8. The van der Waals surface area contributed by atoms with E-state index in [0.717, 1.165) is 15.2 Å². The highest BCUT2D eigenvalue weighted by molar-refractivity contribution is 6.03. The van der Waals surface area contributed by atoms with Crippen LogP contribution in [0.25, 0.3) is 54.5 Å². The zero-order valence-electron chi connectivity index (χ0n) is 119. The number of H-pyrrole nitrogens is 5. The summed E-state index contributed by atoms with van der Waals surface area (Å²) in [6.45, 7) is -38.7. The molecule has 730 valence electrons. The predicted molar refractivity (Wildman–Crippen MR) is 523 cm³/mol. The number of ether oxygens (including phenoxy) is 10. The van der Waals surface area contributed by atoms with E-state index in [4.69, 9.17) is 102 Å². The molecule has 5 unspecified atom stereocenters. The van der Waals surface area contributed by atoms with Crippen molar-refractivity contribution < 1.29 is 157 Å². The number of fused-ring (bicyclic) bond motifs is 25. The van der Waals surface area contributed by atoms with Gasteiger partial charge in [0.15, 0.2) is 57.5 Å². The van der Waals surface area contributed by atoms with Gasteiger partial charge in [-0.2, -0.15) is 0 Å². The second-order valence-corrected chi connectivity index (χ2v) is 34.6. The maximum absolute atomic E-state index is 13.8. The van der Waals surface area contributed by atoms with Gasteiger partial charge in [0.05, 0.1) is 98.3 Å². The van der Waals surface area contributed by atoms with E-state index in [-0.39, 0.29) is 170 Å². The Hall–Kier alpha value is -17.4. The summed E-state index contributed by atoms with van der Waals surface area (Å²) in [7, 11) is 0. The molecule has 30 rings (SSSR count). The van der Waals surface area contributed by atoms with E-state index >= 15 is 0 Å². The van der Waals surface area contributed by atoms with Crippen LogP contribution in [0.4, 0.5) is 0 Å². The summed E-state index contributed by atoms with van der Waals surface area (Å²) in [4.78, 5) is 155. The van der Waals surface area contributed by atoms with Gasteiger partial charge in [0.2, 0.25) is 92.9 Å². The lowest BCUT2D eigenvalue weighted by molar-refractivity contribution is -0.157. The summed E-state index contributed by atoms with van der Waals surface area (Å²) in [6, 6.07) is 13.6. The highest BCUT2D eigenvalue weighted by Crippen LogP contribution is 2.53. The number of carbonyl (C=O) groups excluding carboxylic acids is 10. The minimum absolute atomic E-state index is 0.00638. The number of aromatic amines is 5. The Morgan fingerprint density at radius 1 is 0.276 bits per heavy atom. The summed E-state index contributed by atoms with van der Waals surface area (Å²) in [5.41, 5.74) is 5.49. The van der Waals surface area contributed by atoms with Crippen LogP contribution >= 0.6 is 0 Å². The fourth-order valence-electron chi connectivity index (χ4n) is 20.7. The number of para-hydroxylation sites is 5. The molecule has 5 fully saturated rings. The molecule has 5 saturated heterocycles. The van der Waals surface area contributed by atoms with E-state index in [0.29, 0.717) is 92.9 Å². The number of rotatable bonds is 5. The molecule has 15 aromatic rings. The van der Waals surface area contributed by atoms with Crippen molar-refractivity contribution in [3.05, 3.63) is 296 Å². The highest BCUT2D eigenvalue weighted by Gasteiger charge is 2.55. The van der Waals surface area contributed by atoms with Crippen LogP contribution in [0.2, 0.25) is 0 Å². The Morgan fingerprint density at radius 2 is 0.538 bits per heavy atom. The van der Waals surface area contributed by atoms with Crippen molar-refractivity contribution >= 4 is 114 Å². The third-order valence-corrected chi connectivity index (χ3v) is 26.9. The third-order valence-electron chi connectivity index (χ3n) is 26.9. The van der Waals surface area contributed by atoms with Crippen LogP contribution in [-0.2, 0) is 80.0 Å². The zero-order valence-corrected chi connectivity index (χ0v) is 74.0. The second kappa shape index (κ2) is 33.9. The van der Waals surface area contributed by atoms with Crippen molar-refractivity contribution in [2.45, 2.75) is 92.4 Å². The van der Waals surface area contributed by atoms with Gasteiger partial charge in [0.25, 0.3) is 0 Å². The predicted octanol–water partition coefficient (Wildman–Crippen LogP) is 11.1. The van der Waals surface area contributed by atoms with Crippen molar-refractivity contribution in [2.24, 2.45) is 0 Å². The Morgan fingerprint density at radius 3 is 0.869 bits per heavy atom. The topological polar surface area (TPSA) is 374 Å². The summed E-state index contributed by atoms with van der Waals surface area (Å²) in [5, 5.41) is 1.88. The maximum Gasteiger partial charge on any atom is 0.245 e.